The van der Waals surface area contributed by atoms with Gasteiger partial charge in [-0.25, -0.2) is 0 Å². The molecule has 1 saturated heterocycles. The second-order valence-corrected chi connectivity index (χ2v) is 6.81. The van der Waals surface area contributed by atoms with Crippen LogP contribution in [0.3, 0.4) is 0 Å². The summed E-state index contributed by atoms with van der Waals surface area (Å²) in [5, 5.41) is 8.69. The SMILES string of the molecule is c1ccc([C@H]2OCC[C@@H]2c2nnc(C3CC3c3cccnc3)o2)cc1. The van der Waals surface area contributed by atoms with Crippen molar-refractivity contribution in [1.29, 1.82) is 0 Å². The van der Waals surface area contributed by atoms with Crippen LogP contribution in [0.2, 0.25) is 0 Å². The van der Waals surface area contributed by atoms with Crippen LogP contribution in [0.4, 0.5) is 0 Å². The Balaban J connectivity index is 1.35. The highest BCUT2D eigenvalue weighted by atomic mass is 16.5. The highest BCUT2D eigenvalue weighted by molar-refractivity contribution is 5.28. The lowest BCUT2D eigenvalue weighted by Crippen LogP contribution is -2.06. The minimum absolute atomic E-state index is 0.00261. The standard InChI is InChI=1S/C20H19N3O2/c1-2-5-13(6-3-1)18-15(8-10-24-18)19-22-23-20(25-19)17-11-16(17)14-7-4-9-21-12-14/h1-7,9,12,15-18H,8,10-11H2/t15-,16?,17?,18+/m0/s1. The van der Waals surface area contributed by atoms with E-state index in [1.165, 1.54) is 11.1 Å². The summed E-state index contributed by atoms with van der Waals surface area (Å²) in [4.78, 5) is 4.20. The highest BCUT2D eigenvalue weighted by Crippen LogP contribution is 2.54. The van der Waals surface area contributed by atoms with Crippen LogP contribution in [-0.2, 0) is 4.74 Å². The third-order valence-electron chi connectivity index (χ3n) is 5.21. The first-order chi connectivity index (χ1) is 12.4. The van der Waals surface area contributed by atoms with Crippen molar-refractivity contribution < 1.29 is 9.15 Å². The van der Waals surface area contributed by atoms with Gasteiger partial charge in [-0.3, -0.25) is 4.98 Å². The van der Waals surface area contributed by atoms with Gasteiger partial charge < -0.3 is 9.15 Å². The smallest absolute Gasteiger partial charge is 0.222 e. The van der Waals surface area contributed by atoms with E-state index in [1.807, 2.05) is 30.5 Å². The normalized spacial score (nSPS) is 28.2. The van der Waals surface area contributed by atoms with Crippen molar-refractivity contribution >= 4 is 0 Å². The number of aromatic nitrogens is 3. The molecule has 25 heavy (non-hydrogen) atoms. The molecule has 1 saturated carbocycles. The van der Waals surface area contributed by atoms with E-state index in [0.717, 1.165) is 25.3 Å². The molecule has 126 valence electrons. The van der Waals surface area contributed by atoms with Gasteiger partial charge in [-0.1, -0.05) is 36.4 Å². The molecule has 4 atom stereocenters. The van der Waals surface area contributed by atoms with Crippen LogP contribution in [0.15, 0.2) is 59.3 Å². The van der Waals surface area contributed by atoms with E-state index in [4.69, 9.17) is 9.15 Å². The lowest BCUT2D eigenvalue weighted by Gasteiger charge is -2.15. The van der Waals surface area contributed by atoms with Crippen molar-refractivity contribution in [2.75, 3.05) is 6.61 Å². The molecule has 1 aliphatic heterocycles. The largest absolute Gasteiger partial charge is 0.425 e. The molecule has 5 nitrogen and oxygen atoms in total. The summed E-state index contributed by atoms with van der Waals surface area (Å²) in [5.74, 6) is 2.37. The number of rotatable bonds is 4. The maximum Gasteiger partial charge on any atom is 0.222 e. The van der Waals surface area contributed by atoms with E-state index in [-0.39, 0.29) is 12.0 Å². The second-order valence-electron chi connectivity index (χ2n) is 6.81. The van der Waals surface area contributed by atoms with Gasteiger partial charge in [0, 0.05) is 24.9 Å². The maximum absolute atomic E-state index is 6.07. The van der Waals surface area contributed by atoms with Gasteiger partial charge in [0.05, 0.1) is 12.0 Å². The summed E-state index contributed by atoms with van der Waals surface area (Å²) in [6, 6.07) is 14.4. The Labute approximate surface area is 146 Å². The van der Waals surface area contributed by atoms with Crippen molar-refractivity contribution in [2.45, 2.75) is 36.7 Å². The fourth-order valence-electron chi connectivity index (χ4n) is 3.79. The Morgan fingerprint density at radius 3 is 2.44 bits per heavy atom. The molecule has 0 radical (unpaired) electrons. The van der Waals surface area contributed by atoms with Gasteiger partial charge in [-0.05, 0) is 36.0 Å². The molecule has 1 aliphatic carbocycles. The summed E-state index contributed by atoms with van der Waals surface area (Å²) in [6.45, 7) is 0.726. The predicted octanol–water partition coefficient (Wildman–Crippen LogP) is 3.98. The molecule has 3 heterocycles. The summed E-state index contributed by atoms with van der Waals surface area (Å²) in [6.07, 6.45) is 5.70. The predicted molar refractivity (Wildman–Crippen MR) is 91.1 cm³/mol. The van der Waals surface area contributed by atoms with E-state index in [0.29, 0.717) is 17.7 Å². The minimum Gasteiger partial charge on any atom is -0.425 e. The van der Waals surface area contributed by atoms with Gasteiger partial charge in [0.2, 0.25) is 11.8 Å². The molecule has 2 aromatic heterocycles. The van der Waals surface area contributed by atoms with Crippen LogP contribution in [-0.4, -0.2) is 21.8 Å². The van der Waals surface area contributed by atoms with Gasteiger partial charge in [-0.15, -0.1) is 10.2 Å². The first-order valence-corrected chi connectivity index (χ1v) is 8.80. The fourth-order valence-corrected chi connectivity index (χ4v) is 3.79. The molecule has 5 rings (SSSR count). The van der Waals surface area contributed by atoms with E-state index in [1.54, 1.807) is 6.20 Å². The number of hydrogen-bond acceptors (Lipinski definition) is 5. The van der Waals surface area contributed by atoms with E-state index in [9.17, 15) is 0 Å². The first-order valence-electron chi connectivity index (χ1n) is 8.80. The Morgan fingerprint density at radius 1 is 0.840 bits per heavy atom. The van der Waals surface area contributed by atoms with E-state index >= 15 is 0 Å². The van der Waals surface area contributed by atoms with E-state index in [2.05, 4.69) is 33.4 Å². The monoisotopic (exact) mass is 333 g/mol. The average Bonchev–Trinajstić information content (AvgIpc) is 3.08. The number of ether oxygens (including phenoxy) is 1. The van der Waals surface area contributed by atoms with Crippen molar-refractivity contribution in [1.82, 2.24) is 15.2 Å². The van der Waals surface area contributed by atoms with Crippen LogP contribution in [0.1, 0.15) is 59.6 Å². The number of benzene rings is 1. The van der Waals surface area contributed by atoms with Gasteiger partial charge in [0.25, 0.3) is 0 Å². The molecule has 2 aliphatic rings. The maximum atomic E-state index is 6.07. The molecule has 0 N–H and O–H groups in total. The van der Waals surface area contributed by atoms with Gasteiger partial charge in [0.15, 0.2) is 0 Å². The summed E-state index contributed by atoms with van der Waals surface area (Å²) in [7, 11) is 0. The molecular formula is C20H19N3O2. The Hall–Kier alpha value is -2.53. The number of pyridine rings is 1. The quantitative estimate of drug-likeness (QED) is 0.723. The summed E-state index contributed by atoms with van der Waals surface area (Å²) >= 11 is 0. The topological polar surface area (TPSA) is 61.0 Å². The van der Waals surface area contributed by atoms with Crippen LogP contribution in [0.25, 0.3) is 0 Å². The number of nitrogens with zero attached hydrogens (tertiary/aromatic N) is 3. The van der Waals surface area contributed by atoms with Gasteiger partial charge in [-0.2, -0.15) is 0 Å². The summed E-state index contributed by atoms with van der Waals surface area (Å²) in [5.41, 5.74) is 2.42. The zero-order valence-corrected chi connectivity index (χ0v) is 13.8. The van der Waals surface area contributed by atoms with Crippen molar-refractivity contribution in [2.24, 2.45) is 0 Å². The molecule has 0 spiro atoms. The van der Waals surface area contributed by atoms with Crippen molar-refractivity contribution in [3.8, 4) is 0 Å². The van der Waals surface area contributed by atoms with Crippen LogP contribution in [0, 0.1) is 0 Å². The van der Waals surface area contributed by atoms with Gasteiger partial charge >= 0.3 is 0 Å². The van der Waals surface area contributed by atoms with Crippen LogP contribution in [0.5, 0.6) is 0 Å². The highest BCUT2D eigenvalue weighted by Gasteiger charge is 2.44. The Kier molecular flexibility index (Phi) is 3.59. The molecule has 1 aromatic carbocycles. The average molecular weight is 333 g/mol. The second kappa shape index (κ2) is 6.08. The first kappa shape index (κ1) is 14.8. The lowest BCUT2D eigenvalue weighted by molar-refractivity contribution is 0.0997. The molecule has 3 aromatic rings. The van der Waals surface area contributed by atoms with Crippen molar-refractivity contribution in [3.63, 3.8) is 0 Å². The fraction of sp³-hybridized carbons (Fsp3) is 0.350. The minimum atomic E-state index is 0.00261. The molecule has 2 fully saturated rings. The Bertz CT molecular complexity index is 850. The van der Waals surface area contributed by atoms with Crippen molar-refractivity contribution in [3.05, 3.63) is 77.8 Å². The zero-order valence-electron chi connectivity index (χ0n) is 13.8. The third kappa shape index (κ3) is 2.74. The lowest BCUT2D eigenvalue weighted by atomic mass is 9.95. The van der Waals surface area contributed by atoms with E-state index < -0.39 is 0 Å². The molecular weight excluding hydrogens is 314 g/mol. The summed E-state index contributed by atoms with van der Waals surface area (Å²) < 4.78 is 12.0. The zero-order chi connectivity index (χ0) is 16.6. The number of hydrogen-bond donors (Lipinski definition) is 0. The Morgan fingerprint density at radius 2 is 1.64 bits per heavy atom. The molecule has 0 bridgehead atoms. The van der Waals surface area contributed by atoms with Crippen LogP contribution < -0.4 is 0 Å². The van der Waals surface area contributed by atoms with Crippen LogP contribution >= 0.6 is 0 Å². The molecule has 0 amide bonds. The third-order valence-corrected chi connectivity index (χ3v) is 5.21. The van der Waals surface area contributed by atoms with Gasteiger partial charge in [0.1, 0.15) is 0 Å². The molecule has 2 unspecified atom stereocenters. The molecule has 5 heteroatoms.